The molecule has 0 bridgehead atoms. The van der Waals surface area contributed by atoms with E-state index in [-0.39, 0.29) is 22.1 Å². The van der Waals surface area contributed by atoms with Crippen molar-refractivity contribution in [2.24, 2.45) is 0 Å². The van der Waals surface area contributed by atoms with Gasteiger partial charge in [-0.2, -0.15) is 0 Å². The van der Waals surface area contributed by atoms with Gasteiger partial charge in [0.15, 0.2) is 0 Å². The van der Waals surface area contributed by atoms with E-state index in [2.05, 4.69) is 10.0 Å². The number of quaternary nitrogens is 1. The van der Waals surface area contributed by atoms with Crippen molar-refractivity contribution in [1.82, 2.24) is 5.32 Å². The maximum Gasteiger partial charge on any atom is 0.262 e. The number of morpholine rings is 1. The van der Waals surface area contributed by atoms with Crippen molar-refractivity contribution in [2.45, 2.75) is 11.3 Å². The number of hydrogen-bond acceptors (Lipinski definition) is 4. The largest absolute Gasteiger partial charge is 0.370 e. The number of rotatable bonds is 8. The quantitative estimate of drug-likeness (QED) is 0.546. The van der Waals surface area contributed by atoms with Crippen LogP contribution in [0, 0.1) is 5.82 Å². The van der Waals surface area contributed by atoms with Crippen molar-refractivity contribution in [3.05, 3.63) is 59.9 Å². The third-order valence-corrected chi connectivity index (χ3v) is 6.08. The van der Waals surface area contributed by atoms with E-state index in [0.29, 0.717) is 6.54 Å². The van der Waals surface area contributed by atoms with E-state index in [1.165, 1.54) is 29.2 Å². The molecule has 7 nitrogen and oxygen atoms in total. The van der Waals surface area contributed by atoms with Crippen LogP contribution in [0.3, 0.4) is 0 Å². The third kappa shape index (κ3) is 5.99. The fourth-order valence-electron chi connectivity index (χ4n) is 3.15. The summed E-state index contributed by atoms with van der Waals surface area (Å²) in [5.74, 6) is -1.01. The van der Waals surface area contributed by atoms with Crippen molar-refractivity contribution < 1.29 is 27.2 Å². The van der Waals surface area contributed by atoms with E-state index in [4.69, 9.17) is 4.74 Å². The molecule has 0 aromatic heterocycles. The van der Waals surface area contributed by atoms with Crippen molar-refractivity contribution in [1.29, 1.82) is 0 Å². The SMILES string of the molecule is O=C(NCCC[NH+]1CCOCC1)c1ccccc1NS(=O)(=O)c1cccc(F)c1. The second-order valence-corrected chi connectivity index (χ2v) is 8.51. The fraction of sp³-hybridized carbons (Fsp3) is 0.350. The number of halogens is 1. The van der Waals surface area contributed by atoms with Gasteiger partial charge in [0.2, 0.25) is 0 Å². The summed E-state index contributed by atoms with van der Waals surface area (Å²) >= 11 is 0. The topological polar surface area (TPSA) is 88.9 Å². The Labute approximate surface area is 169 Å². The Morgan fingerprint density at radius 1 is 1.10 bits per heavy atom. The van der Waals surface area contributed by atoms with Gasteiger partial charge < -0.3 is 15.0 Å². The Bertz CT molecular complexity index is 946. The van der Waals surface area contributed by atoms with Gasteiger partial charge >= 0.3 is 0 Å². The van der Waals surface area contributed by atoms with Crippen LogP contribution in [0.2, 0.25) is 0 Å². The normalized spacial score (nSPS) is 15.1. The van der Waals surface area contributed by atoms with Gasteiger partial charge in [-0.15, -0.1) is 0 Å². The van der Waals surface area contributed by atoms with E-state index in [1.807, 2.05) is 0 Å². The van der Waals surface area contributed by atoms with E-state index in [0.717, 1.165) is 45.3 Å². The Hall–Kier alpha value is -2.49. The molecule has 0 aliphatic carbocycles. The summed E-state index contributed by atoms with van der Waals surface area (Å²) in [5, 5.41) is 2.84. The van der Waals surface area contributed by atoms with Gasteiger partial charge in [-0.05, 0) is 30.3 Å². The van der Waals surface area contributed by atoms with Crippen molar-refractivity contribution in [3.63, 3.8) is 0 Å². The Morgan fingerprint density at radius 2 is 1.86 bits per heavy atom. The first-order valence-electron chi connectivity index (χ1n) is 9.52. The molecule has 2 aromatic rings. The first kappa shape index (κ1) is 21.2. The number of sulfonamides is 1. The van der Waals surface area contributed by atoms with Crippen LogP contribution in [-0.4, -0.2) is 53.7 Å². The summed E-state index contributed by atoms with van der Waals surface area (Å²) in [7, 11) is -4.02. The molecular formula is C20H25FN3O4S+. The Morgan fingerprint density at radius 3 is 2.62 bits per heavy atom. The number of carbonyl (C=O) groups is 1. The van der Waals surface area contributed by atoms with Crippen LogP contribution in [-0.2, 0) is 14.8 Å². The Balaban J connectivity index is 1.61. The Kier molecular flexibility index (Phi) is 7.18. The molecule has 1 saturated heterocycles. The summed E-state index contributed by atoms with van der Waals surface area (Å²) in [5.41, 5.74) is 0.360. The zero-order chi connectivity index (χ0) is 20.7. The molecule has 3 rings (SSSR count). The van der Waals surface area contributed by atoms with Crippen molar-refractivity contribution in [2.75, 3.05) is 44.1 Å². The number of benzene rings is 2. The van der Waals surface area contributed by atoms with Gasteiger partial charge in [-0.25, -0.2) is 12.8 Å². The lowest BCUT2D eigenvalue weighted by atomic mass is 10.1. The van der Waals surface area contributed by atoms with Gasteiger partial charge in [0.1, 0.15) is 18.9 Å². The molecule has 1 heterocycles. The molecule has 0 atom stereocenters. The van der Waals surface area contributed by atoms with Crippen LogP contribution in [0.15, 0.2) is 53.4 Å². The monoisotopic (exact) mass is 422 g/mol. The minimum Gasteiger partial charge on any atom is -0.370 e. The molecule has 1 aliphatic heterocycles. The minimum atomic E-state index is -4.02. The summed E-state index contributed by atoms with van der Waals surface area (Å²) in [6, 6.07) is 11.0. The van der Waals surface area contributed by atoms with E-state index in [9.17, 15) is 17.6 Å². The van der Waals surface area contributed by atoms with Gasteiger partial charge in [0.25, 0.3) is 15.9 Å². The van der Waals surface area contributed by atoms with Crippen molar-refractivity contribution >= 4 is 21.6 Å². The standard InChI is InChI=1S/C20H24FN3O4S/c21-16-5-3-6-17(15-16)29(26,27)23-19-8-2-1-7-18(19)20(25)22-9-4-10-24-11-13-28-14-12-24/h1-3,5-8,15,23H,4,9-14H2,(H,22,25)/p+1. The zero-order valence-electron chi connectivity index (χ0n) is 16.0. The number of nitrogens with one attached hydrogen (secondary N) is 3. The molecule has 0 saturated carbocycles. The molecular weight excluding hydrogens is 397 g/mol. The van der Waals surface area contributed by atoms with E-state index in [1.54, 1.807) is 18.2 Å². The van der Waals surface area contributed by atoms with Crippen LogP contribution in [0.1, 0.15) is 16.8 Å². The lowest BCUT2D eigenvalue weighted by molar-refractivity contribution is -0.908. The van der Waals surface area contributed by atoms with Crippen LogP contribution in [0.4, 0.5) is 10.1 Å². The first-order valence-corrected chi connectivity index (χ1v) is 11.0. The highest BCUT2D eigenvalue weighted by molar-refractivity contribution is 7.92. The average Bonchev–Trinajstić information content (AvgIpc) is 2.72. The summed E-state index contributed by atoms with van der Waals surface area (Å²) in [4.78, 5) is 13.8. The molecule has 0 unspecified atom stereocenters. The lowest BCUT2D eigenvalue weighted by Crippen LogP contribution is -3.14. The van der Waals surface area contributed by atoms with E-state index >= 15 is 0 Å². The second kappa shape index (κ2) is 9.82. The maximum absolute atomic E-state index is 13.4. The van der Waals surface area contributed by atoms with Crippen molar-refractivity contribution in [3.8, 4) is 0 Å². The number of para-hydroxylation sites is 1. The second-order valence-electron chi connectivity index (χ2n) is 6.83. The molecule has 29 heavy (non-hydrogen) atoms. The maximum atomic E-state index is 13.4. The molecule has 3 N–H and O–H groups in total. The molecule has 1 fully saturated rings. The number of amides is 1. The smallest absolute Gasteiger partial charge is 0.262 e. The molecule has 156 valence electrons. The number of carbonyl (C=O) groups excluding carboxylic acids is 1. The molecule has 9 heteroatoms. The minimum absolute atomic E-state index is 0.146. The molecule has 1 aliphatic rings. The fourth-order valence-corrected chi connectivity index (χ4v) is 4.26. The predicted molar refractivity (Wildman–Crippen MR) is 107 cm³/mol. The zero-order valence-corrected chi connectivity index (χ0v) is 16.8. The first-order chi connectivity index (χ1) is 14.0. The van der Waals surface area contributed by atoms with E-state index < -0.39 is 15.8 Å². The van der Waals surface area contributed by atoms with Gasteiger partial charge in [0.05, 0.1) is 35.9 Å². The lowest BCUT2D eigenvalue weighted by Gasteiger charge is -2.23. The highest BCUT2D eigenvalue weighted by atomic mass is 32.2. The molecule has 2 aromatic carbocycles. The third-order valence-electron chi connectivity index (χ3n) is 4.71. The van der Waals surface area contributed by atoms with Crippen LogP contribution in [0.25, 0.3) is 0 Å². The van der Waals surface area contributed by atoms with Gasteiger partial charge in [-0.3, -0.25) is 9.52 Å². The number of anilines is 1. The van der Waals surface area contributed by atoms with Crippen LogP contribution < -0.4 is 14.9 Å². The molecule has 0 spiro atoms. The summed E-state index contributed by atoms with van der Waals surface area (Å²) in [6.07, 6.45) is 0.818. The summed E-state index contributed by atoms with van der Waals surface area (Å²) < 4.78 is 46.2. The van der Waals surface area contributed by atoms with Gasteiger partial charge in [-0.1, -0.05) is 18.2 Å². The number of ether oxygens (including phenoxy) is 1. The molecule has 0 radical (unpaired) electrons. The highest BCUT2D eigenvalue weighted by Gasteiger charge is 2.19. The van der Waals surface area contributed by atoms with Crippen LogP contribution >= 0.6 is 0 Å². The highest BCUT2D eigenvalue weighted by Crippen LogP contribution is 2.20. The molecule has 1 amide bonds. The van der Waals surface area contributed by atoms with Gasteiger partial charge in [0, 0.05) is 13.0 Å². The number of hydrogen-bond donors (Lipinski definition) is 3. The summed E-state index contributed by atoms with van der Waals surface area (Å²) in [6.45, 7) is 4.91. The van der Waals surface area contributed by atoms with Crippen LogP contribution in [0.5, 0.6) is 0 Å². The average molecular weight is 423 g/mol. The predicted octanol–water partition coefficient (Wildman–Crippen LogP) is 0.662.